The lowest BCUT2D eigenvalue weighted by Crippen LogP contribution is -2.50. The van der Waals surface area contributed by atoms with Gasteiger partial charge in [0.25, 0.3) is 0 Å². The third-order valence-electron chi connectivity index (χ3n) is 5.27. The lowest BCUT2D eigenvalue weighted by molar-refractivity contribution is -0.140. The fraction of sp³-hybridized carbons (Fsp3) is 0.231. The van der Waals surface area contributed by atoms with E-state index in [1.807, 2.05) is 78.9 Å². The second kappa shape index (κ2) is 11.5. The number of ether oxygens (including phenoxy) is 1. The van der Waals surface area contributed by atoms with Gasteiger partial charge in [0.1, 0.15) is 11.8 Å². The molecule has 32 heavy (non-hydrogen) atoms. The highest BCUT2D eigenvalue weighted by Gasteiger charge is 2.29. The van der Waals surface area contributed by atoms with Crippen LogP contribution in [0.15, 0.2) is 83.3 Å². The van der Waals surface area contributed by atoms with E-state index in [9.17, 15) is 9.59 Å². The van der Waals surface area contributed by atoms with E-state index in [0.717, 1.165) is 26.9 Å². The molecule has 0 heterocycles. The maximum absolute atomic E-state index is 13.5. The van der Waals surface area contributed by atoms with E-state index < -0.39 is 6.04 Å². The van der Waals surface area contributed by atoms with Crippen molar-refractivity contribution in [3.63, 3.8) is 0 Å². The Morgan fingerprint density at radius 2 is 1.62 bits per heavy atom. The molecule has 0 saturated carbocycles. The molecule has 1 N–H and O–H groups in total. The lowest BCUT2D eigenvalue weighted by atomic mass is 10.0. The molecule has 1 atom stereocenters. The van der Waals surface area contributed by atoms with Crippen molar-refractivity contribution in [2.45, 2.75) is 25.4 Å². The summed E-state index contributed by atoms with van der Waals surface area (Å²) in [6.07, 6.45) is 0.628. The van der Waals surface area contributed by atoms with E-state index >= 15 is 0 Å². The molecule has 0 radical (unpaired) electrons. The zero-order valence-electron chi connectivity index (χ0n) is 18.3. The van der Waals surface area contributed by atoms with E-state index in [0.29, 0.717) is 13.0 Å². The molecule has 0 fully saturated rings. The molecule has 3 aromatic carbocycles. The predicted molar refractivity (Wildman–Crippen MR) is 129 cm³/mol. The van der Waals surface area contributed by atoms with Crippen molar-refractivity contribution >= 4 is 27.7 Å². The van der Waals surface area contributed by atoms with Crippen LogP contribution in [0.1, 0.15) is 16.7 Å². The number of hydrogen-bond donors (Lipinski definition) is 1. The molecule has 3 aromatic rings. The van der Waals surface area contributed by atoms with E-state index in [1.165, 1.54) is 0 Å². The van der Waals surface area contributed by atoms with E-state index in [-0.39, 0.29) is 18.2 Å². The van der Waals surface area contributed by atoms with Gasteiger partial charge in [-0.25, -0.2) is 0 Å². The topological polar surface area (TPSA) is 58.6 Å². The Morgan fingerprint density at radius 3 is 2.25 bits per heavy atom. The number of hydrogen-bond acceptors (Lipinski definition) is 3. The normalized spacial score (nSPS) is 11.5. The molecule has 6 heteroatoms. The van der Waals surface area contributed by atoms with Crippen LogP contribution >= 0.6 is 15.9 Å². The minimum absolute atomic E-state index is 0.111. The number of rotatable bonds is 9. The summed E-state index contributed by atoms with van der Waals surface area (Å²) in [5, 5.41) is 2.74. The minimum Gasteiger partial charge on any atom is -0.497 e. The molecular formula is C26H27BrN2O3. The highest BCUT2D eigenvalue weighted by Crippen LogP contribution is 2.19. The highest BCUT2D eigenvalue weighted by molar-refractivity contribution is 9.10. The highest BCUT2D eigenvalue weighted by atomic mass is 79.9. The molecule has 0 saturated heterocycles. The Kier molecular flexibility index (Phi) is 8.45. The van der Waals surface area contributed by atoms with Gasteiger partial charge >= 0.3 is 0 Å². The van der Waals surface area contributed by atoms with Crippen LogP contribution in [0.3, 0.4) is 0 Å². The van der Waals surface area contributed by atoms with Gasteiger partial charge < -0.3 is 15.0 Å². The number of likely N-dealkylation sites (N-methyl/N-ethyl adjacent to an activating group) is 1. The third-order valence-corrected chi connectivity index (χ3v) is 5.77. The standard InChI is InChI=1S/C26H27BrN2O3/c1-28-26(31)24(16-19-7-4-3-5-8-19)29(18-21-9-6-10-22(27)15-21)25(30)17-20-11-13-23(32-2)14-12-20/h3-15,24H,16-18H2,1-2H3,(H,28,31)/t24-/m0/s1. The van der Waals surface area contributed by atoms with Crippen molar-refractivity contribution < 1.29 is 14.3 Å². The van der Waals surface area contributed by atoms with E-state index in [1.54, 1.807) is 19.1 Å². The molecule has 3 rings (SSSR count). The van der Waals surface area contributed by atoms with Gasteiger partial charge in [-0.15, -0.1) is 0 Å². The van der Waals surface area contributed by atoms with Crippen LogP contribution in [0.25, 0.3) is 0 Å². The second-order valence-corrected chi connectivity index (χ2v) is 8.41. The lowest BCUT2D eigenvalue weighted by Gasteiger charge is -2.31. The number of nitrogens with zero attached hydrogens (tertiary/aromatic N) is 1. The molecule has 0 aliphatic rings. The number of amides is 2. The number of carbonyl (C=O) groups excluding carboxylic acids is 2. The average molecular weight is 495 g/mol. The van der Waals surface area contributed by atoms with Crippen LogP contribution in [0, 0.1) is 0 Å². The molecule has 0 bridgehead atoms. The maximum atomic E-state index is 13.5. The van der Waals surface area contributed by atoms with Gasteiger partial charge in [0.15, 0.2) is 0 Å². The average Bonchev–Trinajstić information content (AvgIpc) is 2.82. The predicted octanol–water partition coefficient (Wildman–Crippen LogP) is 4.39. The van der Waals surface area contributed by atoms with Gasteiger partial charge in [0.05, 0.1) is 13.5 Å². The van der Waals surface area contributed by atoms with Gasteiger partial charge in [-0.3, -0.25) is 9.59 Å². The zero-order chi connectivity index (χ0) is 22.9. The van der Waals surface area contributed by atoms with Gasteiger partial charge in [-0.2, -0.15) is 0 Å². The maximum Gasteiger partial charge on any atom is 0.242 e. The van der Waals surface area contributed by atoms with Crippen LogP contribution < -0.4 is 10.1 Å². The van der Waals surface area contributed by atoms with Gasteiger partial charge in [-0.05, 0) is 41.0 Å². The summed E-state index contributed by atoms with van der Waals surface area (Å²) in [5.41, 5.74) is 2.81. The molecule has 0 aromatic heterocycles. The molecule has 0 aliphatic carbocycles. The van der Waals surface area contributed by atoms with Crippen molar-refractivity contribution in [2.24, 2.45) is 0 Å². The largest absolute Gasteiger partial charge is 0.497 e. The third kappa shape index (κ3) is 6.44. The Bertz CT molecular complexity index is 1040. The van der Waals surface area contributed by atoms with Crippen LogP contribution in [-0.2, 0) is 29.0 Å². The Balaban J connectivity index is 1.92. The van der Waals surface area contributed by atoms with Crippen molar-refractivity contribution in [3.05, 3.63) is 100 Å². The number of nitrogens with one attached hydrogen (secondary N) is 1. The first kappa shape index (κ1) is 23.5. The van der Waals surface area contributed by atoms with Crippen LogP contribution in [0.4, 0.5) is 0 Å². The molecule has 0 aliphatic heterocycles. The number of carbonyl (C=O) groups is 2. The first-order valence-corrected chi connectivity index (χ1v) is 11.2. The summed E-state index contributed by atoms with van der Waals surface area (Å²) < 4.78 is 6.14. The summed E-state index contributed by atoms with van der Waals surface area (Å²) in [5.74, 6) is 0.436. The smallest absolute Gasteiger partial charge is 0.242 e. The Morgan fingerprint density at radius 1 is 0.938 bits per heavy atom. The Hall–Kier alpha value is -3.12. The molecule has 0 unspecified atom stereocenters. The summed E-state index contributed by atoms with van der Waals surface area (Å²) >= 11 is 3.50. The van der Waals surface area contributed by atoms with Crippen molar-refractivity contribution in [3.8, 4) is 5.75 Å². The molecule has 0 spiro atoms. The van der Waals surface area contributed by atoms with Crippen molar-refractivity contribution in [1.29, 1.82) is 0 Å². The van der Waals surface area contributed by atoms with Crippen molar-refractivity contribution in [2.75, 3.05) is 14.2 Å². The first-order chi connectivity index (χ1) is 15.5. The fourth-order valence-corrected chi connectivity index (χ4v) is 4.02. The molecule has 5 nitrogen and oxygen atoms in total. The van der Waals surface area contributed by atoms with Gasteiger partial charge in [-0.1, -0.05) is 70.5 Å². The Labute approximate surface area is 197 Å². The second-order valence-electron chi connectivity index (χ2n) is 7.50. The van der Waals surface area contributed by atoms with E-state index in [2.05, 4.69) is 21.2 Å². The zero-order valence-corrected chi connectivity index (χ0v) is 19.8. The van der Waals surface area contributed by atoms with E-state index in [4.69, 9.17) is 4.74 Å². The molecular weight excluding hydrogens is 468 g/mol. The van der Waals surface area contributed by atoms with Gasteiger partial charge in [0.2, 0.25) is 11.8 Å². The summed E-state index contributed by atoms with van der Waals surface area (Å²) in [7, 11) is 3.21. The summed E-state index contributed by atoms with van der Waals surface area (Å²) in [6, 6.07) is 24.3. The van der Waals surface area contributed by atoms with Crippen LogP contribution in [-0.4, -0.2) is 36.9 Å². The number of methoxy groups -OCH3 is 1. The summed E-state index contributed by atoms with van der Waals surface area (Å²) in [4.78, 5) is 28.1. The van der Waals surface area contributed by atoms with Crippen molar-refractivity contribution in [1.82, 2.24) is 10.2 Å². The first-order valence-electron chi connectivity index (χ1n) is 10.4. The van der Waals surface area contributed by atoms with Gasteiger partial charge in [0, 0.05) is 24.5 Å². The molecule has 2 amide bonds. The quantitative estimate of drug-likeness (QED) is 0.479. The van der Waals surface area contributed by atoms with Crippen LogP contribution in [0.5, 0.6) is 5.75 Å². The summed E-state index contributed by atoms with van der Waals surface area (Å²) in [6.45, 7) is 0.333. The fourth-order valence-electron chi connectivity index (χ4n) is 3.57. The monoisotopic (exact) mass is 494 g/mol. The number of halogens is 1. The minimum atomic E-state index is -0.632. The van der Waals surface area contributed by atoms with Crippen LogP contribution in [0.2, 0.25) is 0 Å². The number of benzene rings is 3. The SMILES string of the molecule is CNC(=O)[C@H](Cc1ccccc1)N(Cc1cccc(Br)c1)C(=O)Cc1ccc(OC)cc1. The molecule has 166 valence electrons.